The van der Waals surface area contributed by atoms with Crippen molar-refractivity contribution < 1.29 is 4.52 Å². The van der Waals surface area contributed by atoms with Crippen LogP contribution >= 0.6 is 0 Å². The van der Waals surface area contributed by atoms with E-state index in [1.165, 1.54) is 5.56 Å². The molecule has 0 saturated carbocycles. The summed E-state index contributed by atoms with van der Waals surface area (Å²) >= 11 is 0. The molecule has 23 heavy (non-hydrogen) atoms. The van der Waals surface area contributed by atoms with Crippen LogP contribution in [0.3, 0.4) is 0 Å². The fraction of sp³-hybridized carbons (Fsp3) is 0.600. The predicted octanol–water partition coefficient (Wildman–Crippen LogP) is 1.07. The first kappa shape index (κ1) is 15.5. The number of nitrogens with zero attached hydrogens (tertiary/aromatic N) is 6. The highest BCUT2D eigenvalue weighted by molar-refractivity contribution is 5.80. The summed E-state index contributed by atoms with van der Waals surface area (Å²) in [6, 6.07) is 0. The number of aromatic nitrogens is 4. The van der Waals surface area contributed by atoms with E-state index >= 15 is 0 Å². The van der Waals surface area contributed by atoms with Gasteiger partial charge in [-0.3, -0.25) is 4.68 Å². The van der Waals surface area contributed by atoms with Gasteiger partial charge in [-0.05, 0) is 18.9 Å². The van der Waals surface area contributed by atoms with Crippen molar-refractivity contribution in [1.82, 2.24) is 30.1 Å². The van der Waals surface area contributed by atoms with E-state index in [2.05, 4.69) is 43.6 Å². The lowest BCUT2D eigenvalue weighted by Crippen LogP contribution is -2.40. The van der Waals surface area contributed by atoms with Crippen LogP contribution in [0.1, 0.15) is 36.5 Å². The molecule has 1 aliphatic rings. The van der Waals surface area contributed by atoms with Gasteiger partial charge in [-0.1, -0.05) is 5.16 Å². The van der Waals surface area contributed by atoms with E-state index < -0.39 is 0 Å². The minimum absolute atomic E-state index is 0.424. The molecule has 2 aromatic rings. The topological polar surface area (TPSA) is 84.4 Å². The zero-order valence-corrected chi connectivity index (χ0v) is 13.9. The average Bonchev–Trinajstić information content (AvgIpc) is 3.24. The molecule has 0 radical (unpaired) electrons. The van der Waals surface area contributed by atoms with E-state index in [4.69, 9.17) is 4.52 Å². The molecule has 0 aliphatic carbocycles. The van der Waals surface area contributed by atoms with Crippen molar-refractivity contribution in [1.29, 1.82) is 0 Å². The minimum atomic E-state index is 0.424. The van der Waals surface area contributed by atoms with Gasteiger partial charge in [0.05, 0.1) is 6.20 Å². The maximum absolute atomic E-state index is 4.99. The fourth-order valence-corrected chi connectivity index (χ4v) is 2.85. The van der Waals surface area contributed by atoms with Crippen molar-refractivity contribution in [3.63, 3.8) is 0 Å². The molecule has 0 amide bonds. The van der Waals surface area contributed by atoms with Crippen molar-refractivity contribution in [2.45, 2.75) is 32.7 Å². The first-order chi connectivity index (χ1) is 11.2. The smallest absolute Gasteiger partial charge is 0.223 e. The third kappa shape index (κ3) is 3.69. The Labute approximate surface area is 135 Å². The molecular weight excluding hydrogens is 294 g/mol. The molecule has 8 heteroatoms. The molecule has 0 aromatic carbocycles. The molecule has 1 N–H and O–H groups in total. The molecule has 1 unspecified atom stereocenters. The summed E-state index contributed by atoms with van der Waals surface area (Å²) in [5, 5.41) is 11.5. The van der Waals surface area contributed by atoms with Crippen LogP contribution < -0.4 is 5.32 Å². The van der Waals surface area contributed by atoms with E-state index in [0.29, 0.717) is 24.2 Å². The van der Waals surface area contributed by atoms with Crippen molar-refractivity contribution in [3.8, 4) is 0 Å². The summed E-state index contributed by atoms with van der Waals surface area (Å²) in [6.45, 7) is 7.04. The lowest BCUT2D eigenvalue weighted by molar-refractivity contribution is 0.387. The van der Waals surface area contributed by atoms with Crippen LogP contribution in [0.15, 0.2) is 21.9 Å². The maximum Gasteiger partial charge on any atom is 0.223 e. The quantitative estimate of drug-likeness (QED) is 0.671. The second-order valence-electron chi connectivity index (χ2n) is 5.78. The van der Waals surface area contributed by atoms with Gasteiger partial charge in [0, 0.05) is 45.7 Å². The second-order valence-corrected chi connectivity index (χ2v) is 5.78. The van der Waals surface area contributed by atoms with Gasteiger partial charge in [-0.2, -0.15) is 10.1 Å². The Kier molecular flexibility index (Phi) is 4.59. The maximum atomic E-state index is 4.99. The van der Waals surface area contributed by atoms with Crippen LogP contribution in [-0.4, -0.2) is 50.4 Å². The monoisotopic (exact) mass is 317 g/mol. The average molecular weight is 317 g/mol. The summed E-state index contributed by atoms with van der Waals surface area (Å²) < 4.78 is 6.84. The normalized spacial score (nSPS) is 18.7. The molecule has 1 fully saturated rings. The predicted molar refractivity (Wildman–Crippen MR) is 86.0 cm³/mol. The highest BCUT2D eigenvalue weighted by Crippen LogP contribution is 2.26. The van der Waals surface area contributed by atoms with Crippen LogP contribution in [0, 0.1) is 6.92 Å². The third-order valence-corrected chi connectivity index (χ3v) is 3.96. The summed E-state index contributed by atoms with van der Waals surface area (Å²) in [7, 11) is 1.95. The zero-order chi connectivity index (χ0) is 16.2. The summed E-state index contributed by atoms with van der Waals surface area (Å²) in [6.07, 6.45) is 5.16. The Morgan fingerprint density at radius 2 is 2.39 bits per heavy atom. The van der Waals surface area contributed by atoms with Crippen LogP contribution in [0.2, 0.25) is 0 Å². The van der Waals surface area contributed by atoms with Gasteiger partial charge in [0.2, 0.25) is 5.89 Å². The van der Waals surface area contributed by atoms with Crippen molar-refractivity contribution in [2.75, 3.05) is 19.6 Å². The standard InChI is InChI=1S/C15H23N7O/c1-4-16-15(17-8-14-19-11(2)23-20-14)22-6-5-12(10-22)13-7-18-21(3)9-13/h7,9,12H,4-6,8,10H2,1-3H3,(H,16,17). The molecule has 2 aromatic heterocycles. The number of guanidine groups is 1. The Balaban J connectivity index is 1.66. The van der Waals surface area contributed by atoms with E-state index in [0.717, 1.165) is 32.0 Å². The lowest BCUT2D eigenvalue weighted by atomic mass is 10.0. The number of nitrogens with one attached hydrogen (secondary N) is 1. The van der Waals surface area contributed by atoms with Gasteiger partial charge < -0.3 is 14.7 Å². The van der Waals surface area contributed by atoms with Gasteiger partial charge in [0.15, 0.2) is 11.8 Å². The molecule has 1 aliphatic heterocycles. The molecule has 0 spiro atoms. The number of hydrogen-bond donors (Lipinski definition) is 1. The van der Waals surface area contributed by atoms with Crippen LogP contribution in [-0.2, 0) is 13.6 Å². The highest BCUT2D eigenvalue weighted by atomic mass is 16.5. The van der Waals surface area contributed by atoms with E-state index in [-0.39, 0.29) is 0 Å². The first-order valence-electron chi connectivity index (χ1n) is 7.96. The third-order valence-electron chi connectivity index (χ3n) is 3.96. The molecule has 3 rings (SSSR count). The number of rotatable bonds is 4. The molecule has 3 heterocycles. The van der Waals surface area contributed by atoms with Gasteiger partial charge in [0.1, 0.15) is 6.54 Å². The number of aryl methyl sites for hydroxylation is 2. The lowest BCUT2D eigenvalue weighted by Gasteiger charge is -2.21. The first-order valence-corrected chi connectivity index (χ1v) is 7.96. The van der Waals surface area contributed by atoms with E-state index in [1.807, 2.05) is 17.9 Å². The summed E-state index contributed by atoms with van der Waals surface area (Å²) in [5.41, 5.74) is 1.29. The van der Waals surface area contributed by atoms with Crippen LogP contribution in [0.5, 0.6) is 0 Å². The second kappa shape index (κ2) is 6.80. The molecule has 124 valence electrons. The number of hydrogen-bond acceptors (Lipinski definition) is 5. The van der Waals surface area contributed by atoms with Crippen molar-refractivity contribution >= 4 is 5.96 Å². The van der Waals surface area contributed by atoms with Gasteiger partial charge >= 0.3 is 0 Å². The Hall–Kier alpha value is -2.38. The molecule has 1 saturated heterocycles. The van der Waals surface area contributed by atoms with Gasteiger partial charge in [0.25, 0.3) is 0 Å². The zero-order valence-electron chi connectivity index (χ0n) is 13.9. The van der Waals surface area contributed by atoms with Crippen molar-refractivity contribution in [2.24, 2.45) is 12.0 Å². The van der Waals surface area contributed by atoms with Gasteiger partial charge in [-0.15, -0.1) is 0 Å². The molecular formula is C15H23N7O. The Morgan fingerprint density at radius 1 is 1.52 bits per heavy atom. The molecule has 0 bridgehead atoms. The highest BCUT2D eigenvalue weighted by Gasteiger charge is 2.26. The number of aliphatic imine (C=N–C) groups is 1. The number of likely N-dealkylation sites (tertiary alicyclic amines) is 1. The fourth-order valence-electron chi connectivity index (χ4n) is 2.85. The Morgan fingerprint density at radius 3 is 3.04 bits per heavy atom. The largest absolute Gasteiger partial charge is 0.357 e. The van der Waals surface area contributed by atoms with E-state index in [1.54, 1.807) is 6.92 Å². The molecule has 1 atom stereocenters. The van der Waals surface area contributed by atoms with Crippen LogP contribution in [0.4, 0.5) is 0 Å². The summed E-state index contributed by atoms with van der Waals surface area (Å²) in [4.78, 5) is 11.1. The van der Waals surface area contributed by atoms with Gasteiger partial charge in [-0.25, -0.2) is 4.99 Å². The Bertz CT molecular complexity index is 675. The molecule has 8 nitrogen and oxygen atoms in total. The van der Waals surface area contributed by atoms with E-state index in [9.17, 15) is 0 Å². The summed E-state index contributed by atoms with van der Waals surface area (Å²) in [5.74, 6) is 2.58. The van der Waals surface area contributed by atoms with Crippen molar-refractivity contribution in [3.05, 3.63) is 29.7 Å². The van der Waals surface area contributed by atoms with Crippen LogP contribution in [0.25, 0.3) is 0 Å². The minimum Gasteiger partial charge on any atom is -0.357 e. The SMILES string of the molecule is CCNC(=NCc1noc(C)n1)N1CCC(c2cnn(C)c2)C1.